The lowest BCUT2D eigenvalue weighted by Crippen LogP contribution is -2.19. The largest absolute Gasteiger partial charge is 0.416 e. The summed E-state index contributed by atoms with van der Waals surface area (Å²) in [7, 11) is 1.45. The minimum Gasteiger partial charge on any atom is -0.390 e. The van der Waals surface area contributed by atoms with E-state index in [4.69, 9.17) is 4.74 Å². The molecule has 2 aromatic heterocycles. The van der Waals surface area contributed by atoms with E-state index < -0.39 is 29.9 Å². The van der Waals surface area contributed by atoms with Gasteiger partial charge in [0, 0.05) is 7.11 Å². The van der Waals surface area contributed by atoms with E-state index in [0.29, 0.717) is 11.4 Å². The zero-order chi connectivity index (χ0) is 19.8. The first-order chi connectivity index (χ1) is 12.8. The predicted octanol–water partition coefficient (Wildman–Crippen LogP) is 2.17. The fraction of sp³-hybridized carbons (Fsp3) is 0.353. The summed E-state index contributed by atoms with van der Waals surface area (Å²) in [6.45, 7) is 1.20. The molecule has 27 heavy (non-hydrogen) atoms. The summed E-state index contributed by atoms with van der Waals surface area (Å²) >= 11 is 0. The molecule has 0 aliphatic carbocycles. The molecule has 0 radical (unpaired) electrons. The number of aromatic amines is 1. The Labute approximate surface area is 151 Å². The molecular formula is C17H17F3N4O3. The molecule has 2 heterocycles. The number of fused-ring (bicyclic) bond motifs is 1. The van der Waals surface area contributed by atoms with E-state index in [1.807, 2.05) is 0 Å². The Morgan fingerprint density at radius 2 is 1.96 bits per heavy atom. The van der Waals surface area contributed by atoms with E-state index in [1.165, 1.54) is 23.9 Å². The second kappa shape index (κ2) is 7.12. The maximum Gasteiger partial charge on any atom is 0.416 e. The number of ether oxygens (including phenoxy) is 1. The van der Waals surface area contributed by atoms with E-state index >= 15 is 0 Å². The van der Waals surface area contributed by atoms with Gasteiger partial charge in [0.1, 0.15) is 22.9 Å². The molecule has 0 amide bonds. The van der Waals surface area contributed by atoms with E-state index in [1.54, 1.807) is 6.92 Å². The first kappa shape index (κ1) is 19.1. The average Bonchev–Trinajstić information content (AvgIpc) is 2.97. The van der Waals surface area contributed by atoms with Gasteiger partial charge in [-0.25, -0.2) is 9.67 Å². The van der Waals surface area contributed by atoms with Crippen molar-refractivity contribution in [1.82, 2.24) is 19.7 Å². The summed E-state index contributed by atoms with van der Waals surface area (Å²) < 4.78 is 45.1. The minimum absolute atomic E-state index is 0.0839. The summed E-state index contributed by atoms with van der Waals surface area (Å²) in [6, 6.07) is 3.98. The Hall–Kier alpha value is -2.72. The zero-order valence-electron chi connectivity index (χ0n) is 14.5. The van der Waals surface area contributed by atoms with E-state index in [0.717, 1.165) is 12.1 Å². The van der Waals surface area contributed by atoms with Crippen molar-refractivity contribution in [3.8, 4) is 0 Å². The Morgan fingerprint density at radius 1 is 1.30 bits per heavy atom. The van der Waals surface area contributed by atoms with Gasteiger partial charge >= 0.3 is 6.18 Å². The first-order valence-corrected chi connectivity index (χ1v) is 8.01. The quantitative estimate of drug-likeness (QED) is 0.706. The Morgan fingerprint density at radius 3 is 2.52 bits per heavy atom. The lowest BCUT2D eigenvalue weighted by atomic mass is 10.1. The van der Waals surface area contributed by atoms with Gasteiger partial charge in [0.05, 0.1) is 18.8 Å². The molecule has 10 heteroatoms. The molecule has 3 rings (SSSR count). The maximum absolute atomic E-state index is 12.8. The van der Waals surface area contributed by atoms with Gasteiger partial charge in [0.25, 0.3) is 5.56 Å². The number of hydrogen-bond acceptors (Lipinski definition) is 5. The second-order valence-corrected chi connectivity index (χ2v) is 5.99. The van der Waals surface area contributed by atoms with Gasteiger partial charge in [0.2, 0.25) is 0 Å². The van der Waals surface area contributed by atoms with Crippen LogP contribution >= 0.6 is 0 Å². The fourth-order valence-electron chi connectivity index (χ4n) is 2.91. The molecule has 0 saturated carbocycles. The van der Waals surface area contributed by atoms with Crippen molar-refractivity contribution in [2.45, 2.75) is 25.7 Å². The number of aryl methyl sites for hydroxylation is 1. The van der Waals surface area contributed by atoms with E-state index in [2.05, 4.69) is 15.1 Å². The summed E-state index contributed by atoms with van der Waals surface area (Å²) in [6.07, 6.45) is -4.44. The lowest BCUT2D eigenvalue weighted by Gasteiger charge is -2.18. The standard InChI is InChI=1S/C17H17F3N4O3/c1-9-21-15-14(16(26)22-9)12(7-25)23-24(15)13(8-27-2)10-3-5-11(6-4-10)17(18,19)20/h3-6,13,25H,7-8H2,1-2H3,(H,21,22,26). The highest BCUT2D eigenvalue weighted by atomic mass is 19.4. The number of halogens is 3. The van der Waals surface area contributed by atoms with Crippen molar-refractivity contribution >= 4 is 11.0 Å². The minimum atomic E-state index is -4.44. The molecule has 0 bridgehead atoms. The van der Waals surface area contributed by atoms with Crippen molar-refractivity contribution in [1.29, 1.82) is 0 Å². The van der Waals surface area contributed by atoms with Crippen LogP contribution in [0, 0.1) is 6.92 Å². The number of methoxy groups -OCH3 is 1. The number of H-pyrrole nitrogens is 1. The van der Waals surface area contributed by atoms with Crippen LogP contribution in [0.15, 0.2) is 29.1 Å². The van der Waals surface area contributed by atoms with Gasteiger partial charge in [-0.05, 0) is 24.6 Å². The third-order valence-corrected chi connectivity index (χ3v) is 4.15. The SMILES string of the molecule is COCC(c1ccc(C(F)(F)F)cc1)n1nc(CO)c2c(=O)[nH]c(C)nc21. The Bertz CT molecular complexity index is 1010. The van der Waals surface area contributed by atoms with Gasteiger partial charge in [-0.3, -0.25) is 4.79 Å². The van der Waals surface area contributed by atoms with Crippen LogP contribution in [0.25, 0.3) is 11.0 Å². The normalized spacial score (nSPS) is 13.3. The summed E-state index contributed by atoms with van der Waals surface area (Å²) in [5.74, 6) is 0.349. The second-order valence-electron chi connectivity index (χ2n) is 5.99. The summed E-state index contributed by atoms with van der Waals surface area (Å²) in [5, 5.41) is 13.9. The highest BCUT2D eigenvalue weighted by Crippen LogP contribution is 2.31. The summed E-state index contributed by atoms with van der Waals surface area (Å²) in [5.41, 5.74) is -0.363. The molecule has 144 valence electrons. The number of benzene rings is 1. The van der Waals surface area contributed by atoms with Crippen LogP contribution in [0.5, 0.6) is 0 Å². The van der Waals surface area contributed by atoms with Gasteiger partial charge in [-0.15, -0.1) is 0 Å². The topological polar surface area (TPSA) is 93.0 Å². The van der Waals surface area contributed by atoms with Crippen LogP contribution in [0.1, 0.15) is 28.7 Å². The monoisotopic (exact) mass is 382 g/mol. The Kier molecular flexibility index (Phi) is 5.03. The van der Waals surface area contributed by atoms with Crippen molar-refractivity contribution in [2.75, 3.05) is 13.7 Å². The van der Waals surface area contributed by atoms with Crippen molar-refractivity contribution < 1.29 is 23.0 Å². The maximum atomic E-state index is 12.8. The number of nitrogens with one attached hydrogen (secondary N) is 1. The predicted molar refractivity (Wildman–Crippen MR) is 90.3 cm³/mol. The number of hydrogen-bond donors (Lipinski definition) is 2. The third-order valence-electron chi connectivity index (χ3n) is 4.15. The zero-order valence-corrected chi connectivity index (χ0v) is 14.5. The molecule has 0 aliphatic rings. The molecule has 7 nitrogen and oxygen atoms in total. The molecule has 0 saturated heterocycles. The number of aliphatic hydroxyl groups is 1. The van der Waals surface area contributed by atoms with Crippen molar-refractivity contribution in [3.63, 3.8) is 0 Å². The number of aromatic nitrogens is 4. The lowest BCUT2D eigenvalue weighted by molar-refractivity contribution is -0.137. The van der Waals surface area contributed by atoms with Crippen LogP contribution < -0.4 is 5.56 Å². The molecule has 0 fully saturated rings. The molecule has 0 aliphatic heterocycles. The molecule has 0 spiro atoms. The van der Waals surface area contributed by atoms with E-state index in [-0.39, 0.29) is 23.3 Å². The summed E-state index contributed by atoms with van der Waals surface area (Å²) in [4.78, 5) is 19.1. The Balaban J connectivity index is 2.17. The van der Waals surface area contributed by atoms with Gasteiger partial charge in [-0.1, -0.05) is 12.1 Å². The molecular weight excluding hydrogens is 365 g/mol. The molecule has 3 aromatic rings. The van der Waals surface area contributed by atoms with Crippen molar-refractivity contribution in [2.24, 2.45) is 0 Å². The third kappa shape index (κ3) is 3.58. The number of rotatable bonds is 5. The number of aliphatic hydroxyl groups excluding tert-OH is 1. The average molecular weight is 382 g/mol. The molecule has 1 unspecified atom stereocenters. The number of nitrogens with zero attached hydrogens (tertiary/aromatic N) is 3. The number of alkyl halides is 3. The smallest absolute Gasteiger partial charge is 0.390 e. The van der Waals surface area contributed by atoms with Crippen molar-refractivity contribution in [3.05, 3.63) is 57.3 Å². The van der Waals surface area contributed by atoms with Gasteiger partial charge in [-0.2, -0.15) is 18.3 Å². The molecule has 1 aromatic carbocycles. The molecule has 2 N–H and O–H groups in total. The van der Waals surface area contributed by atoms with Crippen LogP contribution in [0.4, 0.5) is 13.2 Å². The highest BCUT2D eigenvalue weighted by Gasteiger charge is 2.31. The van der Waals surface area contributed by atoms with Crippen LogP contribution in [0.2, 0.25) is 0 Å². The van der Waals surface area contributed by atoms with Crippen LogP contribution in [-0.4, -0.2) is 38.6 Å². The van der Waals surface area contributed by atoms with E-state index in [9.17, 15) is 23.1 Å². The fourth-order valence-corrected chi connectivity index (χ4v) is 2.91. The van der Waals surface area contributed by atoms with Crippen LogP contribution in [0.3, 0.4) is 0 Å². The van der Waals surface area contributed by atoms with Gasteiger partial charge < -0.3 is 14.8 Å². The van der Waals surface area contributed by atoms with Gasteiger partial charge in [0.15, 0.2) is 5.65 Å². The first-order valence-electron chi connectivity index (χ1n) is 8.01. The van der Waals surface area contributed by atoms with Crippen LogP contribution in [-0.2, 0) is 17.5 Å². The highest BCUT2D eigenvalue weighted by molar-refractivity contribution is 5.77. The molecule has 1 atom stereocenters.